The van der Waals surface area contributed by atoms with Crippen LogP contribution in [-0.2, 0) is 0 Å². The molecule has 0 saturated heterocycles. The van der Waals surface area contributed by atoms with Crippen molar-refractivity contribution >= 4 is 5.69 Å². The summed E-state index contributed by atoms with van der Waals surface area (Å²) in [6.45, 7) is 3.08. The second kappa shape index (κ2) is 6.17. The van der Waals surface area contributed by atoms with Crippen molar-refractivity contribution in [1.82, 2.24) is 19.7 Å². The molecule has 5 nitrogen and oxygen atoms in total. The molecule has 2 heterocycles. The maximum atomic E-state index is 4.37. The summed E-state index contributed by atoms with van der Waals surface area (Å²) in [5, 5.41) is 7.46. The highest BCUT2D eigenvalue weighted by atomic mass is 15.3. The van der Waals surface area contributed by atoms with Crippen LogP contribution >= 0.6 is 0 Å². The molecule has 1 N–H and O–H groups in total. The maximum absolute atomic E-state index is 4.37. The van der Waals surface area contributed by atoms with Gasteiger partial charge in [0.1, 0.15) is 12.7 Å². The van der Waals surface area contributed by atoms with Gasteiger partial charge in [0, 0.05) is 6.54 Å². The molecule has 0 aliphatic carbocycles. The maximum Gasteiger partial charge on any atom is 0.155 e. The van der Waals surface area contributed by atoms with Crippen LogP contribution in [0.25, 0.3) is 5.82 Å². The summed E-state index contributed by atoms with van der Waals surface area (Å²) >= 11 is 0. The summed E-state index contributed by atoms with van der Waals surface area (Å²) in [5.41, 5.74) is 2.33. The van der Waals surface area contributed by atoms with Gasteiger partial charge in [-0.15, -0.1) is 0 Å². The Morgan fingerprint density at radius 1 is 1.14 bits per heavy atom. The van der Waals surface area contributed by atoms with Crippen LogP contribution in [0.3, 0.4) is 0 Å². The molecule has 0 spiro atoms. The first-order valence-corrected chi connectivity index (χ1v) is 6.93. The van der Waals surface area contributed by atoms with E-state index in [1.165, 1.54) is 11.9 Å². The molecule has 1 aromatic carbocycles. The van der Waals surface area contributed by atoms with Crippen LogP contribution in [0.4, 0.5) is 5.69 Å². The highest BCUT2D eigenvalue weighted by Gasteiger charge is 2.05. The predicted molar refractivity (Wildman–Crippen MR) is 82.5 cm³/mol. The number of rotatable bonds is 5. The summed E-state index contributed by atoms with van der Waals surface area (Å²) in [4.78, 5) is 8.28. The molecule has 2 aromatic heterocycles. The van der Waals surface area contributed by atoms with E-state index in [0.29, 0.717) is 5.92 Å². The summed E-state index contributed by atoms with van der Waals surface area (Å²) in [6, 6.07) is 14.4. The number of pyridine rings is 1. The van der Waals surface area contributed by atoms with Crippen molar-refractivity contribution in [2.45, 2.75) is 12.8 Å². The van der Waals surface area contributed by atoms with E-state index >= 15 is 0 Å². The van der Waals surface area contributed by atoms with Gasteiger partial charge in [-0.05, 0) is 23.6 Å². The van der Waals surface area contributed by atoms with Gasteiger partial charge in [-0.2, -0.15) is 5.10 Å². The van der Waals surface area contributed by atoms with Gasteiger partial charge in [0.2, 0.25) is 0 Å². The van der Waals surface area contributed by atoms with Crippen LogP contribution in [0.5, 0.6) is 0 Å². The van der Waals surface area contributed by atoms with Crippen LogP contribution in [0.15, 0.2) is 61.3 Å². The van der Waals surface area contributed by atoms with Gasteiger partial charge in [0.05, 0.1) is 11.9 Å². The Labute approximate surface area is 123 Å². The van der Waals surface area contributed by atoms with Crippen molar-refractivity contribution in [3.8, 4) is 5.82 Å². The van der Waals surface area contributed by atoms with E-state index in [-0.39, 0.29) is 0 Å². The van der Waals surface area contributed by atoms with Gasteiger partial charge >= 0.3 is 0 Å². The topological polar surface area (TPSA) is 55.6 Å². The van der Waals surface area contributed by atoms with Crippen molar-refractivity contribution in [3.05, 3.63) is 66.9 Å². The minimum atomic E-state index is 0.446. The standard InChI is InChI=1S/C16H17N5/c1-13(14-5-3-2-4-6-14)9-18-15-7-8-16(19-10-15)21-12-17-11-20-21/h2-8,10-13,18H,9H2,1H3. The summed E-state index contributed by atoms with van der Waals surface area (Å²) in [7, 11) is 0. The number of hydrogen-bond acceptors (Lipinski definition) is 4. The molecule has 0 amide bonds. The Balaban J connectivity index is 1.61. The third-order valence-electron chi connectivity index (χ3n) is 3.38. The molecule has 0 radical (unpaired) electrons. The lowest BCUT2D eigenvalue weighted by Gasteiger charge is -2.14. The zero-order valence-electron chi connectivity index (χ0n) is 11.8. The Morgan fingerprint density at radius 2 is 2.00 bits per heavy atom. The zero-order valence-corrected chi connectivity index (χ0v) is 11.8. The minimum Gasteiger partial charge on any atom is -0.383 e. The van der Waals surface area contributed by atoms with E-state index in [1.807, 2.05) is 24.4 Å². The van der Waals surface area contributed by atoms with Crippen LogP contribution < -0.4 is 5.32 Å². The number of nitrogens with one attached hydrogen (secondary N) is 1. The Hall–Kier alpha value is -2.69. The fraction of sp³-hybridized carbons (Fsp3) is 0.188. The van der Waals surface area contributed by atoms with Crippen molar-refractivity contribution < 1.29 is 0 Å². The largest absolute Gasteiger partial charge is 0.383 e. The van der Waals surface area contributed by atoms with Crippen molar-refractivity contribution in [2.24, 2.45) is 0 Å². The lowest BCUT2D eigenvalue weighted by Crippen LogP contribution is -2.10. The molecule has 0 aliphatic heterocycles. The molecular weight excluding hydrogens is 262 g/mol. The van der Waals surface area contributed by atoms with E-state index < -0.39 is 0 Å². The van der Waals surface area contributed by atoms with Crippen molar-refractivity contribution in [3.63, 3.8) is 0 Å². The first kappa shape index (κ1) is 13.3. The number of benzene rings is 1. The summed E-state index contributed by atoms with van der Waals surface area (Å²) in [6.07, 6.45) is 4.94. The smallest absolute Gasteiger partial charge is 0.155 e. The quantitative estimate of drug-likeness (QED) is 0.780. The second-order valence-electron chi connectivity index (χ2n) is 4.94. The highest BCUT2D eigenvalue weighted by molar-refractivity contribution is 5.43. The first-order valence-electron chi connectivity index (χ1n) is 6.93. The lowest BCUT2D eigenvalue weighted by molar-refractivity contribution is 0.803. The molecule has 0 saturated carbocycles. The molecule has 0 aliphatic rings. The van der Waals surface area contributed by atoms with Gasteiger partial charge < -0.3 is 5.32 Å². The van der Waals surface area contributed by atoms with Crippen LogP contribution in [0.2, 0.25) is 0 Å². The van der Waals surface area contributed by atoms with Gasteiger partial charge in [-0.1, -0.05) is 37.3 Å². The Kier molecular flexibility index (Phi) is 3.91. The van der Waals surface area contributed by atoms with E-state index in [4.69, 9.17) is 0 Å². The van der Waals surface area contributed by atoms with Crippen LogP contribution in [-0.4, -0.2) is 26.3 Å². The molecule has 3 aromatic rings. The van der Waals surface area contributed by atoms with Gasteiger partial charge in [-0.3, -0.25) is 0 Å². The SMILES string of the molecule is CC(CNc1ccc(-n2cncn2)nc1)c1ccccc1. The van der Waals surface area contributed by atoms with Gasteiger partial charge in [-0.25, -0.2) is 14.6 Å². The third-order valence-corrected chi connectivity index (χ3v) is 3.38. The average Bonchev–Trinajstić information content (AvgIpc) is 3.08. The molecule has 0 bridgehead atoms. The normalized spacial score (nSPS) is 12.0. The molecule has 1 unspecified atom stereocenters. The molecule has 5 heteroatoms. The fourth-order valence-corrected chi connectivity index (χ4v) is 2.12. The van der Waals surface area contributed by atoms with E-state index in [0.717, 1.165) is 18.1 Å². The monoisotopic (exact) mass is 279 g/mol. The number of anilines is 1. The fourth-order valence-electron chi connectivity index (χ4n) is 2.12. The van der Waals surface area contributed by atoms with E-state index in [9.17, 15) is 0 Å². The molecule has 106 valence electrons. The van der Waals surface area contributed by atoms with E-state index in [2.05, 4.69) is 51.6 Å². The molecule has 21 heavy (non-hydrogen) atoms. The molecule has 3 rings (SSSR count). The second-order valence-corrected chi connectivity index (χ2v) is 4.94. The van der Waals surface area contributed by atoms with E-state index in [1.54, 1.807) is 11.0 Å². The average molecular weight is 279 g/mol. The molecule has 1 atom stereocenters. The Morgan fingerprint density at radius 3 is 2.67 bits per heavy atom. The van der Waals surface area contributed by atoms with Crippen molar-refractivity contribution in [1.29, 1.82) is 0 Å². The lowest BCUT2D eigenvalue weighted by atomic mass is 10.0. The number of nitrogens with zero attached hydrogens (tertiary/aromatic N) is 4. The van der Waals surface area contributed by atoms with Crippen LogP contribution in [0.1, 0.15) is 18.4 Å². The predicted octanol–water partition coefficient (Wildman–Crippen LogP) is 2.88. The Bertz CT molecular complexity index is 662. The zero-order chi connectivity index (χ0) is 14.5. The third kappa shape index (κ3) is 3.25. The van der Waals surface area contributed by atoms with Gasteiger partial charge in [0.25, 0.3) is 0 Å². The number of hydrogen-bond donors (Lipinski definition) is 1. The molecule has 0 fully saturated rings. The number of aromatic nitrogens is 4. The van der Waals surface area contributed by atoms with Crippen molar-refractivity contribution in [2.75, 3.05) is 11.9 Å². The minimum absolute atomic E-state index is 0.446. The summed E-state index contributed by atoms with van der Waals surface area (Å²) in [5.74, 6) is 1.20. The van der Waals surface area contributed by atoms with Gasteiger partial charge in [0.15, 0.2) is 5.82 Å². The summed E-state index contributed by atoms with van der Waals surface area (Å²) < 4.78 is 1.64. The first-order chi connectivity index (χ1) is 10.3. The highest BCUT2D eigenvalue weighted by Crippen LogP contribution is 2.16. The molecular formula is C16H17N5. The van der Waals surface area contributed by atoms with Crippen LogP contribution in [0, 0.1) is 0 Å².